The van der Waals surface area contributed by atoms with Gasteiger partial charge in [0.05, 0.1) is 4.90 Å². The first kappa shape index (κ1) is 10.3. The lowest BCUT2D eigenvalue weighted by molar-refractivity contribution is 0.577. The molecule has 0 unspecified atom stereocenters. The van der Waals surface area contributed by atoms with Crippen molar-refractivity contribution < 1.29 is 8.78 Å². The highest BCUT2D eigenvalue weighted by Gasteiger charge is 2.09. The van der Waals surface area contributed by atoms with Crippen molar-refractivity contribution in [3.63, 3.8) is 0 Å². The van der Waals surface area contributed by atoms with Crippen LogP contribution in [0.25, 0.3) is 0 Å². The third kappa shape index (κ3) is 2.42. The normalized spacial score (nSPS) is 10.5. The van der Waals surface area contributed by atoms with Crippen LogP contribution in [0.5, 0.6) is 0 Å². The zero-order valence-corrected chi connectivity index (χ0v) is 8.91. The molecule has 1 heterocycles. The van der Waals surface area contributed by atoms with Crippen LogP contribution in [0, 0.1) is 11.6 Å². The number of nitrogens with two attached hydrogens (primary N) is 1. The largest absolute Gasteiger partial charge is 0.374 e. The molecule has 3 nitrogen and oxygen atoms in total. The maximum absolute atomic E-state index is 13.2. The Labute approximate surface area is 92.5 Å². The molecule has 1 aromatic heterocycles. The molecule has 7 heteroatoms. The van der Waals surface area contributed by atoms with E-state index >= 15 is 0 Å². The Morgan fingerprint density at radius 2 is 2.13 bits per heavy atom. The summed E-state index contributed by atoms with van der Waals surface area (Å²) in [5, 5.41) is 0.622. The summed E-state index contributed by atoms with van der Waals surface area (Å²) < 4.78 is 29.9. The zero-order valence-electron chi connectivity index (χ0n) is 7.28. The van der Waals surface area contributed by atoms with E-state index in [1.165, 1.54) is 0 Å². The van der Waals surface area contributed by atoms with Crippen molar-refractivity contribution in [3.8, 4) is 0 Å². The Morgan fingerprint density at radius 1 is 1.33 bits per heavy atom. The number of hydrogen-bond donors (Lipinski definition) is 1. The molecule has 0 radical (unpaired) electrons. The van der Waals surface area contributed by atoms with Crippen molar-refractivity contribution >= 4 is 28.4 Å². The van der Waals surface area contributed by atoms with Crippen molar-refractivity contribution in [2.45, 2.75) is 10.1 Å². The molecule has 0 saturated heterocycles. The highest BCUT2D eigenvalue weighted by atomic mass is 32.2. The maximum Gasteiger partial charge on any atom is 0.206 e. The molecule has 15 heavy (non-hydrogen) atoms. The van der Waals surface area contributed by atoms with Crippen molar-refractivity contribution in [2.75, 3.05) is 5.73 Å². The Kier molecular flexibility index (Phi) is 2.83. The van der Waals surface area contributed by atoms with E-state index in [-0.39, 0.29) is 4.90 Å². The fraction of sp³-hybridized carbons (Fsp3) is 0. The van der Waals surface area contributed by atoms with Gasteiger partial charge in [-0.15, -0.1) is 0 Å². The minimum Gasteiger partial charge on any atom is -0.374 e. The van der Waals surface area contributed by atoms with E-state index in [9.17, 15) is 8.78 Å². The predicted molar refractivity (Wildman–Crippen MR) is 54.8 cm³/mol. The number of hydrogen-bond acceptors (Lipinski definition) is 5. The van der Waals surface area contributed by atoms with E-state index in [2.05, 4.69) is 9.36 Å². The van der Waals surface area contributed by atoms with E-state index in [1.807, 2.05) is 0 Å². The monoisotopic (exact) mass is 245 g/mol. The van der Waals surface area contributed by atoms with Gasteiger partial charge in [0.25, 0.3) is 0 Å². The number of benzene rings is 1. The van der Waals surface area contributed by atoms with Gasteiger partial charge in [-0.05, 0) is 30.0 Å². The van der Waals surface area contributed by atoms with Gasteiger partial charge < -0.3 is 5.73 Å². The molecule has 0 aliphatic carbocycles. The molecule has 0 saturated carbocycles. The lowest BCUT2D eigenvalue weighted by Gasteiger charge is -1.98. The minimum atomic E-state index is -0.505. The van der Waals surface area contributed by atoms with Crippen molar-refractivity contribution in [1.82, 2.24) is 9.36 Å². The van der Waals surface area contributed by atoms with Gasteiger partial charge in [-0.1, -0.05) is 0 Å². The summed E-state index contributed by atoms with van der Waals surface area (Å²) in [7, 11) is 0. The minimum absolute atomic E-state index is 0.146. The third-order valence-corrected chi connectivity index (χ3v) is 3.07. The molecule has 78 valence electrons. The predicted octanol–water partition coefficient (Wildman–Crippen LogP) is 2.55. The Morgan fingerprint density at radius 3 is 2.80 bits per heavy atom. The van der Waals surface area contributed by atoms with Gasteiger partial charge in [0.2, 0.25) is 10.3 Å². The average molecular weight is 245 g/mol. The second-order valence-electron chi connectivity index (χ2n) is 2.59. The van der Waals surface area contributed by atoms with Gasteiger partial charge in [-0.3, -0.25) is 0 Å². The number of nitrogen functional groups attached to an aromatic ring is 1. The van der Waals surface area contributed by atoms with Crippen LogP contribution in [-0.4, -0.2) is 9.36 Å². The number of aromatic nitrogens is 2. The highest BCUT2D eigenvalue weighted by molar-refractivity contribution is 7.99. The van der Waals surface area contributed by atoms with Crippen LogP contribution in [0.1, 0.15) is 0 Å². The Bertz CT molecular complexity index is 486. The van der Waals surface area contributed by atoms with E-state index in [4.69, 9.17) is 5.73 Å². The molecule has 0 spiro atoms. The van der Waals surface area contributed by atoms with Crippen molar-refractivity contribution in [2.24, 2.45) is 0 Å². The molecule has 2 rings (SSSR count). The van der Waals surface area contributed by atoms with Crippen molar-refractivity contribution in [3.05, 3.63) is 29.8 Å². The van der Waals surface area contributed by atoms with Gasteiger partial charge in [-0.25, -0.2) is 8.78 Å². The lowest BCUT2D eigenvalue weighted by atomic mass is 10.3. The zero-order chi connectivity index (χ0) is 10.8. The molecule has 1 aromatic carbocycles. The molecule has 0 amide bonds. The summed E-state index contributed by atoms with van der Waals surface area (Å²) in [6, 6.07) is 3.22. The summed E-state index contributed by atoms with van der Waals surface area (Å²) in [5.41, 5.74) is 5.36. The maximum atomic E-state index is 13.2. The van der Waals surface area contributed by atoms with Crippen LogP contribution >= 0.6 is 23.3 Å². The summed E-state index contributed by atoms with van der Waals surface area (Å²) in [4.78, 5) is 3.98. The van der Waals surface area contributed by atoms with Gasteiger partial charge >= 0.3 is 0 Å². The average Bonchev–Trinajstić information content (AvgIpc) is 2.58. The third-order valence-electron chi connectivity index (χ3n) is 1.52. The second-order valence-corrected chi connectivity index (χ2v) is 4.38. The number of nitrogens with zero attached hydrogens (tertiary/aromatic N) is 2. The summed E-state index contributed by atoms with van der Waals surface area (Å²) in [5.74, 6) is -1.00. The fourth-order valence-corrected chi connectivity index (χ4v) is 2.25. The molecular weight excluding hydrogens is 240 g/mol. The number of rotatable bonds is 2. The first-order valence-electron chi connectivity index (χ1n) is 3.87. The first-order valence-corrected chi connectivity index (χ1v) is 5.46. The standard InChI is InChI=1S/C8H5F2N3S2/c9-4-1-2-5(10)6(3-4)14-8-12-7(11)15-13-8/h1-3H,(H2,11,12,13). The molecule has 0 atom stereocenters. The smallest absolute Gasteiger partial charge is 0.206 e. The first-order chi connectivity index (χ1) is 7.15. The topological polar surface area (TPSA) is 51.8 Å². The second kappa shape index (κ2) is 4.11. The van der Waals surface area contributed by atoms with Gasteiger partial charge in [0.1, 0.15) is 11.6 Å². The van der Waals surface area contributed by atoms with E-state index in [1.54, 1.807) is 0 Å². The number of halogens is 2. The van der Waals surface area contributed by atoms with Crippen LogP contribution in [0.2, 0.25) is 0 Å². The van der Waals surface area contributed by atoms with E-state index < -0.39 is 11.6 Å². The van der Waals surface area contributed by atoms with Crippen LogP contribution in [0.15, 0.2) is 28.3 Å². The molecule has 0 fully saturated rings. The quantitative estimate of drug-likeness (QED) is 0.883. The van der Waals surface area contributed by atoms with E-state index in [0.717, 1.165) is 41.5 Å². The molecule has 0 bridgehead atoms. The molecule has 0 aliphatic rings. The molecule has 2 N–H and O–H groups in total. The molecular formula is C8H5F2N3S2. The summed E-state index contributed by atoms with van der Waals surface area (Å²) in [6.45, 7) is 0. The van der Waals surface area contributed by atoms with Crippen LogP contribution < -0.4 is 5.73 Å². The molecule has 2 aromatic rings. The van der Waals surface area contributed by atoms with Crippen LogP contribution in [0.4, 0.5) is 13.9 Å². The number of anilines is 1. The Balaban J connectivity index is 2.27. The SMILES string of the molecule is Nc1nc(Sc2cc(F)ccc2F)ns1. The Hall–Kier alpha value is -1.21. The van der Waals surface area contributed by atoms with Gasteiger partial charge in [-0.2, -0.15) is 9.36 Å². The van der Waals surface area contributed by atoms with Gasteiger partial charge in [0.15, 0.2) is 0 Å². The van der Waals surface area contributed by atoms with Crippen LogP contribution in [-0.2, 0) is 0 Å². The van der Waals surface area contributed by atoms with Crippen molar-refractivity contribution in [1.29, 1.82) is 0 Å². The summed E-state index contributed by atoms with van der Waals surface area (Å²) in [6.07, 6.45) is 0. The van der Waals surface area contributed by atoms with Gasteiger partial charge in [0, 0.05) is 11.5 Å². The van der Waals surface area contributed by atoms with Crippen LogP contribution in [0.3, 0.4) is 0 Å². The fourth-order valence-electron chi connectivity index (χ4n) is 0.916. The molecule has 0 aliphatic heterocycles. The van der Waals surface area contributed by atoms with E-state index in [0.29, 0.717) is 10.3 Å². The highest BCUT2D eigenvalue weighted by Crippen LogP contribution is 2.29. The summed E-state index contributed by atoms with van der Waals surface area (Å²) >= 11 is 1.96. The lowest BCUT2D eigenvalue weighted by Crippen LogP contribution is -1.85.